The number of anilines is 2. The number of nitrogens with zero attached hydrogens (tertiary/aromatic N) is 1. The van der Waals surface area contributed by atoms with E-state index in [0.717, 1.165) is 0 Å². The average molecular weight is 220 g/mol. The molecule has 0 fully saturated rings. The summed E-state index contributed by atoms with van der Waals surface area (Å²) in [7, 11) is 0. The van der Waals surface area contributed by atoms with Gasteiger partial charge in [0.2, 0.25) is 5.91 Å². The molecule has 70 valence electrons. The van der Waals surface area contributed by atoms with E-state index in [4.69, 9.17) is 28.9 Å². The molecule has 0 radical (unpaired) electrons. The number of hydrogen-bond donors (Lipinski definition) is 2. The van der Waals surface area contributed by atoms with Crippen molar-refractivity contribution in [2.75, 3.05) is 16.9 Å². The Morgan fingerprint density at radius 1 is 1.69 bits per heavy atom. The summed E-state index contributed by atoms with van der Waals surface area (Å²) >= 11 is 11.0. The van der Waals surface area contributed by atoms with E-state index in [0.29, 0.717) is 10.7 Å². The first-order valence-corrected chi connectivity index (χ1v) is 4.31. The summed E-state index contributed by atoms with van der Waals surface area (Å²) < 4.78 is 0. The molecule has 0 atom stereocenters. The van der Waals surface area contributed by atoms with Gasteiger partial charge >= 0.3 is 0 Å². The lowest BCUT2D eigenvalue weighted by molar-refractivity contribution is -0.113. The molecule has 4 nitrogen and oxygen atoms in total. The minimum atomic E-state index is -0.339. The van der Waals surface area contributed by atoms with Crippen molar-refractivity contribution < 1.29 is 4.79 Å². The summed E-state index contributed by atoms with van der Waals surface area (Å²) in [5.41, 5.74) is 5.81. The maximum atomic E-state index is 10.9. The van der Waals surface area contributed by atoms with Gasteiger partial charge in [0.1, 0.15) is 11.7 Å². The number of amides is 1. The predicted molar refractivity (Wildman–Crippen MR) is 53.0 cm³/mol. The van der Waals surface area contributed by atoms with Crippen LogP contribution in [0, 0.1) is 0 Å². The molecule has 0 unspecified atom stereocenters. The van der Waals surface area contributed by atoms with Gasteiger partial charge in [0, 0.05) is 12.3 Å². The Kier molecular flexibility index (Phi) is 3.33. The van der Waals surface area contributed by atoms with Gasteiger partial charge in [0.25, 0.3) is 0 Å². The minimum Gasteiger partial charge on any atom is -0.384 e. The SMILES string of the molecule is Nc1cc(NC(=O)CCl)c(Cl)cn1. The van der Waals surface area contributed by atoms with E-state index in [1.807, 2.05) is 0 Å². The number of hydrogen-bond acceptors (Lipinski definition) is 3. The zero-order valence-corrected chi connectivity index (χ0v) is 8.06. The van der Waals surface area contributed by atoms with Crippen LogP contribution in [0.1, 0.15) is 0 Å². The third kappa shape index (κ3) is 2.75. The Morgan fingerprint density at radius 2 is 2.38 bits per heavy atom. The average Bonchev–Trinajstić information content (AvgIpc) is 2.11. The molecule has 0 aliphatic carbocycles. The van der Waals surface area contributed by atoms with Crippen molar-refractivity contribution in [1.29, 1.82) is 0 Å². The number of halogens is 2. The molecule has 1 aromatic heterocycles. The lowest BCUT2D eigenvalue weighted by Crippen LogP contribution is -2.13. The lowest BCUT2D eigenvalue weighted by Gasteiger charge is -2.05. The van der Waals surface area contributed by atoms with E-state index in [9.17, 15) is 4.79 Å². The number of carbonyl (C=O) groups is 1. The van der Waals surface area contributed by atoms with Gasteiger partial charge in [-0.1, -0.05) is 11.6 Å². The molecular weight excluding hydrogens is 213 g/mol. The maximum Gasteiger partial charge on any atom is 0.239 e. The maximum absolute atomic E-state index is 10.9. The number of aromatic nitrogens is 1. The van der Waals surface area contributed by atoms with Crippen LogP contribution >= 0.6 is 23.2 Å². The first kappa shape index (κ1) is 10.1. The highest BCUT2D eigenvalue weighted by molar-refractivity contribution is 6.34. The van der Waals surface area contributed by atoms with Gasteiger partial charge in [-0.2, -0.15) is 0 Å². The van der Waals surface area contributed by atoms with Crippen molar-refractivity contribution in [2.45, 2.75) is 0 Å². The van der Waals surface area contributed by atoms with E-state index < -0.39 is 0 Å². The topological polar surface area (TPSA) is 68.0 Å². The number of pyridine rings is 1. The third-order valence-electron chi connectivity index (χ3n) is 1.27. The van der Waals surface area contributed by atoms with E-state index >= 15 is 0 Å². The Hall–Kier alpha value is -1.00. The van der Waals surface area contributed by atoms with Gasteiger partial charge in [-0.25, -0.2) is 4.98 Å². The second kappa shape index (κ2) is 4.30. The molecule has 1 rings (SSSR count). The highest BCUT2D eigenvalue weighted by Crippen LogP contribution is 2.21. The normalized spacial score (nSPS) is 9.69. The van der Waals surface area contributed by atoms with E-state index in [1.165, 1.54) is 12.3 Å². The van der Waals surface area contributed by atoms with Gasteiger partial charge in [0.05, 0.1) is 10.7 Å². The fourth-order valence-corrected chi connectivity index (χ4v) is 0.952. The number of nitrogens with one attached hydrogen (secondary N) is 1. The van der Waals surface area contributed by atoms with Crippen LogP contribution in [0.5, 0.6) is 0 Å². The van der Waals surface area contributed by atoms with Gasteiger partial charge in [0.15, 0.2) is 0 Å². The fraction of sp³-hybridized carbons (Fsp3) is 0.143. The summed E-state index contributed by atoms with van der Waals surface area (Å²) in [4.78, 5) is 14.6. The minimum absolute atomic E-state index is 0.126. The van der Waals surface area contributed by atoms with E-state index in [1.54, 1.807) is 0 Å². The lowest BCUT2D eigenvalue weighted by atomic mass is 10.4. The van der Waals surface area contributed by atoms with Crippen LogP contribution in [0.15, 0.2) is 12.3 Å². The largest absolute Gasteiger partial charge is 0.384 e. The van der Waals surface area contributed by atoms with Crippen LogP contribution < -0.4 is 11.1 Å². The van der Waals surface area contributed by atoms with Crippen molar-refractivity contribution >= 4 is 40.6 Å². The van der Waals surface area contributed by atoms with Crippen LogP contribution in [0.2, 0.25) is 5.02 Å². The van der Waals surface area contributed by atoms with Crippen LogP contribution in [0.25, 0.3) is 0 Å². The third-order valence-corrected chi connectivity index (χ3v) is 1.82. The highest BCUT2D eigenvalue weighted by Gasteiger charge is 2.04. The second-order valence-corrected chi connectivity index (χ2v) is 2.95. The summed E-state index contributed by atoms with van der Waals surface area (Å²) in [6.07, 6.45) is 1.36. The molecule has 0 bridgehead atoms. The Bertz CT molecular complexity index is 330. The van der Waals surface area contributed by atoms with E-state index in [2.05, 4.69) is 10.3 Å². The molecule has 0 aliphatic rings. The van der Waals surface area contributed by atoms with Crippen molar-refractivity contribution in [3.05, 3.63) is 17.3 Å². The molecule has 1 heterocycles. The summed E-state index contributed by atoms with van der Waals surface area (Å²) in [6, 6.07) is 1.47. The Labute approximate surface area is 85.0 Å². The first-order valence-electron chi connectivity index (χ1n) is 3.40. The predicted octanol–water partition coefficient (Wildman–Crippen LogP) is 1.49. The van der Waals surface area contributed by atoms with E-state index in [-0.39, 0.29) is 17.6 Å². The Balaban J connectivity index is 2.87. The summed E-state index contributed by atoms with van der Waals surface area (Å²) in [5, 5.41) is 2.80. The number of rotatable bonds is 2. The van der Waals surface area contributed by atoms with Crippen molar-refractivity contribution in [3.63, 3.8) is 0 Å². The van der Waals surface area contributed by atoms with Crippen molar-refractivity contribution in [1.82, 2.24) is 4.98 Å². The zero-order chi connectivity index (χ0) is 9.84. The monoisotopic (exact) mass is 219 g/mol. The number of carbonyl (C=O) groups excluding carboxylic acids is 1. The van der Waals surface area contributed by atoms with Crippen LogP contribution in [0.4, 0.5) is 11.5 Å². The molecule has 1 amide bonds. The van der Waals surface area contributed by atoms with Crippen LogP contribution in [0.3, 0.4) is 0 Å². The van der Waals surface area contributed by atoms with Crippen molar-refractivity contribution in [3.8, 4) is 0 Å². The van der Waals surface area contributed by atoms with Gasteiger partial charge in [-0.15, -0.1) is 11.6 Å². The second-order valence-electron chi connectivity index (χ2n) is 2.27. The summed E-state index contributed by atoms with van der Waals surface area (Å²) in [5.74, 6) is -0.179. The molecule has 0 saturated heterocycles. The molecule has 3 N–H and O–H groups in total. The molecule has 0 saturated carbocycles. The number of alkyl halides is 1. The smallest absolute Gasteiger partial charge is 0.239 e. The van der Waals surface area contributed by atoms with Crippen LogP contribution in [-0.4, -0.2) is 16.8 Å². The summed E-state index contributed by atoms with van der Waals surface area (Å²) in [6.45, 7) is 0. The molecule has 13 heavy (non-hydrogen) atoms. The number of nitrogens with two attached hydrogens (primary N) is 1. The highest BCUT2D eigenvalue weighted by atomic mass is 35.5. The van der Waals surface area contributed by atoms with Crippen molar-refractivity contribution in [2.24, 2.45) is 0 Å². The fourth-order valence-electron chi connectivity index (χ4n) is 0.734. The van der Waals surface area contributed by atoms with Crippen LogP contribution in [-0.2, 0) is 4.79 Å². The van der Waals surface area contributed by atoms with Gasteiger partial charge in [-0.05, 0) is 0 Å². The molecule has 1 aromatic rings. The number of nitrogen functional groups attached to an aromatic ring is 1. The molecule has 0 aliphatic heterocycles. The molecular formula is C7H7Cl2N3O. The standard InChI is InChI=1S/C7H7Cl2N3O/c8-2-7(13)12-5-1-6(10)11-3-4(5)9/h1,3H,2H2,(H3,10,11,12,13). The molecule has 0 aromatic carbocycles. The quantitative estimate of drug-likeness (QED) is 0.742. The molecule has 6 heteroatoms. The molecule has 0 spiro atoms. The zero-order valence-electron chi connectivity index (χ0n) is 6.55. The first-order chi connectivity index (χ1) is 6.13. The van der Waals surface area contributed by atoms with Gasteiger partial charge < -0.3 is 11.1 Å². The van der Waals surface area contributed by atoms with Gasteiger partial charge in [-0.3, -0.25) is 4.79 Å². The Morgan fingerprint density at radius 3 is 3.00 bits per heavy atom.